The Morgan fingerprint density at radius 2 is 2.07 bits per heavy atom. The molecule has 2 bridgehead atoms. The van der Waals surface area contributed by atoms with Crippen LogP contribution in [0.4, 0.5) is 4.39 Å². The van der Waals surface area contributed by atoms with Crippen molar-refractivity contribution in [2.45, 2.75) is 69.1 Å². The van der Waals surface area contributed by atoms with Crippen LogP contribution in [-0.4, -0.2) is 23.0 Å². The van der Waals surface area contributed by atoms with Gasteiger partial charge in [-0.3, -0.25) is 4.90 Å². The first-order valence-electron chi connectivity index (χ1n) is 10.3. The average molecular weight is 375 g/mol. The summed E-state index contributed by atoms with van der Waals surface area (Å²) in [7, 11) is 0. The lowest BCUT2D eigenvalue weighted by molar-refractivity contribution is 0.238. The van der Waals surface area contributed by atoms with Crippen molar-refractivity contribution in [2.75, 3.05) is 0 Å². The van der Waals surface area contributed by atoms with Gasteiger partial charge in [-0.25, -0.2) is 4.39 Å². The van der Waals surface area contributed by atoms with E-state index in [9.17, 15) is 4.39 Å². The Kier molecular flexibility index (Phi) is 4.08. The quantitative estimate of drug-likeness (QED) is 0.857. The smallest absolute Gasteiger partial charge is 0.141 e. The summed E-state index contributed by atoms with van der Waals surface area (Å²) in [5.74, 6) is -0.444. The molecule has 3 fully saturated rings. The topological polar surface area (TPSA) is 53.0 Å². The Labute approximate surface area is 166 Å². The Hall–Kier alpha value is -2.22. The third-order valence-corrected chi connectivity index (χ3v) is 7.24. The van der Waals surface area contributed by atoms with Gasteiger partial charge in [-0.1, -0.05) is 31.2 Å². The zero-order chi connectivity index (χ0) is 19.5. The number of nitriles is 1. The summed E-state index contributed by atoms with van der Waals surface area (Å²) >= 11 is 0. The molecule has 0 unspecified atom stereocenters. The fourth-order valence-corrected chi connectivity index (χ4v) is 5.49. The number of halogens is 1. The van der Waals surface area contributed by atoms with Gasteiger partial charge in [0, 0.05) is 24.7 Å². The fourth-order valence-electron chi connectivity index (χ4n) is 5.49. The van der Waals surface area contributed by atoms with E-state index in [1.54, 1.807) is 6.07 Å². The van der Waals surface area contributed by atoms with Gasteiger partial charge in [-0.2, -0.15) is 5.26 Å². The summed E-state index contributed by atoms with van der Waals surface area (Å²) in [5, 5.41) is 9.05. The second kappa shape index (κ2) is 6.40. The number of benzene rings is 2. The van der Waals surface area contributed by atoms with Crippen molar-refractivity contribution >= 4 is 0 Å². The van der Waals surface area contributed by atoms with Crippen LogP contribution < -0.4 is 5.73 Å². The van der Waals surface area contributed by atoms with E-state index < -0.39 is 5.82 Å². The minimum absolute atomic E-state index is 0.0988. The summed E-state index contributed by atoms with van der Waals surface area (Å²) < 4.78 is 14.3. The first kappa shape index (κ1) is 17.8. The molecule has 144 valence electrons. The van der Waals surface area contributed by atoms with Crippen LogP contribution in [0.1, 0.15) is 55.7 Å². The van der Waals surface area contributed by atoms with Crippen LogP contribution in [0.3, 0.4) is 0 Å². The van der Waals surface area contributed by atoms with Crippen LogP contribution in [0.15, 0.2) is 36.4 Å². The zero-order valence-electron chi connectivity index (χ0n) is 16.3. The molecule has 0 radical (unpaired) electrons. The zero-order valence-corrected chi connectivity index (χ0v) is 16.3. The molecule has 2 aromatic carbocycles. The molecule has 2 aliphatic heterocycles. The largest absolute Gasteiger partial charge is 0.326 e. The standard InChI is InChI=1S/C24H26FN3/c1-24(9-10-24)23-17(14-28-18-7-8-22(28)21(27)12-18)3-2-4-19(23)15-5-6-16(13-26)20(25)11-15/h2-6,11,18,21-22H,7-10,12,14,27H2,1H3/t18-,21+,22+/m1/s1. The summed E-state index contributed by atoms with van der Waals surface area (Å²) in [5.41, 5.74) is 11.3. The van der Waals surface area contributed by atoms with Crippen molar-refractivity contribution in [3.63, 3.8) is 0 Å². The minimum Gasteiger partial charge on any atom is -0.326 e. The van der Waals surface area contributed by atoms with Gasteiger partial charge in [-0.15, -0.1) is 0 Å². The minimum atomic E-state index is -0.444. The molecule has 4 heteroatoms. The van der Waals surface area contributed by atoms with Gasteiger partial charge in [0.1, 0.15) is 11.9 Å². The van der Waals surface area contributed by atoms with Crippen LogP contribution in [-0.2, 0) is 12.0 Å². The van der Waals surface area contributed by atoms with Gasteiger partial charge in [0.2, 0.25) is 0 Å². The van der Waals surface area contributed by atoms with Crippen molar-refractivity contribution in [3.8, 4) is 17.2 Å². The molecule has 3 atom stereocenters. The lowest BCUT2D eigenvalue weighted by Crippen LogP contribution is -2.36. The molecule has 2 heterocycles. The summed E-state index contributed by atoms with van der Waals surface area (Å²) in [6.45, 7) is 3.25. The van der Waals surface area contributed by atoms with Crippen molar-refractivity contribution < 1.29 is 4.39 Å². The van der Waals surface area contributed by atoms with Crippen molar-refractivity contribution in [3.05, 3.63) is 58.9 Å². The SMILES string of the molecule is CC1(c2c(CN3[C@@H]4CC[C@H]3[C@@H](N)C4)cccc2-c2ccc(C#N)c(F)c2)CC1. The van der Waals surface area contributed by atoms with E-state index in [-0.39, 0.29) is 11.0 Å². The van der Waals surface area contributed by atoms with Gasteiger partial charge in [0.25, 0.3) is 0 Å². The van der Waals surface area contributed by atoms with Gasteiger partial charge >= 0.3 is 0 Å². The van der Waals surface area contributed by atoms with Crippen LogP contribution in [0, 0.1) is 17.1 Å². The second-order valence-electron chi connectivity index (χ2n) is 9.08. The van der Waals surface area contributed by atoms with E-state index in [0.29, 0.717) is 18.1 Å². The number of nitrogens with zero attached hydrogens (tertiary/aromatic N) is 2. The number of hydrogen-bond donors (Lipinski definition) is 1. The molecule has 0 amide bonds. The first-order chi connectivity index (χ1) is 13.5. The van der Waals surface area contributed by atoms with Gasteiger partial charge < -0.3 is 5.73 Å². The van der Waals surface area contributed by atoms with Gasteiger partial charge in [-0.05, 0) is 71.9 Å². The highest BCUT2D eigenvalue weighted by Gasteiger charge is 2.46. The van der Waals surface area contributed by atoms with Crippen LogP contribution >= 0.6 is 0 Å². The van der Waals surface area contributed by atoms with Crippen LogP contribution in [0.2, 0.25) is 0 Å². The van der Waals surface area contributed by atoms with Crippen molar-refractivity contribution in [1.82, 2.24) is 4.90 Å². The molecule has 3 aliphatic rings. The molecule has 3 nitrogen and oxygen atoms in total. The lowest BCUT2D eigenvalue weighted by Gasteiger charge is -2.27. The number of nitrogens with two attached hydrogens (primary N) is 1. The predicted molar refractivity (Wildman–Crippen MR) is 108 cm³/mol. The first-order valence-corrected chi connectivity index (χ1v) is 10.3. The molecule has 2 aromatic rings. The van der Waals surface area contributed by atoms with Gasteiger partial charge in [0.15, 0.2) is 0 Å². The van der Waals surface area contributed by atoms with Gasteiger partial charge in [0.05, 0.1) is 5.56 Å². The highest BCUT2D eigenvalue weighted by Crippen LogP contribution is 2.53. The third kappa shape index (κ3) is 2.77. The lowest BCUT2D eigenvalue weighted by atomic mass is 9.85. The summed E-state index contributed by atoms with van der Waals surface area (Å²) in [6, 6.07) is 14.8. The second-order valence-corrected chi connectivity index (χ2v) is 9.08. The summed E-state index contributed by atoms with van der Waals surface area (Å²) in [6.07, 6.45) is 5.91. The molecule has 1 aliphatic carbocycles. The molecular formula is C24H26FN3. The van der Waals surface area contributed by atoms with Crippen molar-refractivity contribution in [2.24, 2.45) is 5.73 Å². The monoisotopic (exact) mass is 375 g/mol. The Balaban J connectivity index is 1.57. The molecule has 2 N–H and O–H groups in total. The molecule has 0 spiro atoms. The highest BCUT2D eigenvalue weighted by atomic mass is 19.1. The van der Waals surface area contributed by atoms with Crippen LogP contribution in [0.25, 0.3) is 11.1 Å². The molecular weight excluding hydrogens is 349 g/mol. The van der Waals surface area contributed by atoms with E-state index in [1.807, 2.05) is 12.1 Å². The van der Waals surface area contributed by atoms with E-state index >= 15 is 0 Å². The van der Waals surface area contributed by atoms with E-state index in [2.05, 4.69) is 30.0 Å². The predicted octanol–water partition coefficient (Wildman–Crippen LogP) is 4.48. The molecule has 28 heavy (non-hydrogen) atoms. The maximum absolute atomic E-state index is 14.3. The maximum Gasteiger partial charge on any atom is 0.141 e. The maximum atomic E-state index is 14.3. The molecule has 0 aromatic heterocycles. The highest BCUT2D eigenvalue weighted by molar-refractivity contribution is 5.72. The molecule has 1 saturated carbocycles. The molecule has 5 rings (SSSR count). The third-order valence-electron chi connectivity index (χ3n) is 7.24. The molecule has 2 saturated heterocycles. The Morgan fingerprint density at radius 1 is 1.25 bits per heavy atom. The van der Waals surface area contributed by atoms with E-state index in [4.69, 9.17) is 11.0 Å². The number of fused-ring (bicyclic) bond motifs is 2. The number of hydrogen-bond acceptors (Lipinski definition) is 3. The Morgan fingerprint density at radius 3 is 2.68 bits per heavy atom. The summed E-state index contributed by atoms with van der Waals surface area (Å²) in [4.78, 5) is 2.61. The van der Waals surface area contributed by atoms with E-state index in [0.717, 1.165) is 24.1 Å². The van der Waals surface area contributed by atoms with E-state index in [1.165, 1.54) is 42.9 Å². The van der Waals surface area contributed by atoms with Crippen LogP contribution in [0.5, 0.6) is 0 Å². The van der Waals surface area contributed by atoms with Crippen molar-refractivity contribution in [1.29, 1.82) is 5.26 Å². The average Bonchev–Trinajstić information content (AvgIpc) is 3.23. The normalized spacial score (nSPS) is 27.7. The number of rotatable bonds is 4. The Bertz CT molecular complexity index is 972. The fraction of sp³-hybridized carbons (Fsp3) is 0.458.